The maximum atomic E-state index is 6.13. The van der Waals surface area contributed by atoms with Crippen molar-refractivity contribution in [2.45, 2.75) is 31.3 Å². The minimum atomic E-state index is 0.0977. The lowest BCUT2D eigenvalue weighted by Gasteiger charge is -2.40. The summed E-state index contributed by atoms with van der Waals surface area (Å²) < 4.78 is 10.4. The Bertz CT molecular complexity index is 241. The van der Waals surface area contributed by atoms with Gasteiger partial charge in [0.05, 0.1) is 6.61 Å². The van der Waals surface area contributed by atoms with Crippen molar-refractivity contribution in [1.82, 2.24) is 9.80 Å². The highest BCUT2D eigenvalue weighted by molar-refractivity contribution is 5.02. The maximum Gasteiger partial charge on any atom is 0.0589 e. The van der Waals surface area contributed by atoms with Crippen LogP contribution in [0.3, 0.4) is 0 Å². The average Bonchev–Trinajstić information content (AvgIpc) is 2.70. The average molecular weight is 273 g/mol. The molecule has 0 bridgehead atoms. The minimum Gasteiger partial charge on any atom is -0.385 e. The van der Waals surface area contributed by atoms with Crippen molar-refractivity contribution in [2.24, 2.45) is 5.73 Å². The molecule has 0 aromatic rings. The van der Waals surface area contributed by atoms with E-state index in [9.17, 15) is 0 Å². The first kappa shape index (κ1) is 16.9. The van der Waals surface area contributed by atoms with Crippen LogP contribution in [0.5, 0.6) is 0 Å². The summed E-state index contributed by atoms with van der Waals surface area (Å²) in [6, 6.07) is 0.594. The molecule has 1 rings (SSSR count). The molecule has 2 unspecified atom stereocenters. The van der Waals surface area contributed by atoms with Gasteiger partial charge in [0.2, 0.25) is 0 Å². The molecule has 5 heteroatoms. The third kappa shape index (κ3) is 4.39. The summed E-state index contributed by atoms with van der Waals surface area (Å²) in [6.07, 6.45) is 2.18. The Morgan fingerprint density at radius 2 is 1.95 bits per heavy atom. The largest absolute Gasteiger partial charge is 0.385 e. The summed E-state index contributed by atoms with van der Waals surface area (Å²) in [4.78, 5) is 4.92. The van der Waals surface area contributed by atoms with E-state index in [0.717, 1.165) is 45.7 Å². The first-order valence-electron chi connectivity index (χ1n) is 7.23. The Hall–Kier alpha value is -0.200. The van der Waals surface area contributed by atoms with Gasteiger partial charge in [0.15, 0.2) is 0 Å². The molecule has 0 aromatic carbocycles. The molecule has 5 nitrogen and oxygen atoms in total. The molecule has 2 atom stereocenters. The highest BCUT2D eigenvalue weighted by Crippen LogP contribution is 2.30. The van der Waals surface area contributed by atoms with Gasteiger partial charge in [0, 0.05) is 58.6 Å². The van der Waals surface area contributed by atoms with Gasteiger partial charge in [-0.2, -0.15) is 0 Å². The Balaban J connectivity index is 2.68. The van der Waals surface area contributed by atoms with E-state index in [4.69, 9.17) is 15.2 Å². The zero-order valence-corrected chi connectivity index (χ0v) is 13.0. The smallest absolute Gasteiger partial charge is 0.0589 e. The van der Waals surface area contributed by atoms with Crippen molar-refractivity contribution in [1.29, 1.82) is 0 Å². The molecule has 1 fully saturated rings. The van der Waals surface area contributed by atoms with Gasteiger partial charge in [-0.15, -0.1) is 0 Å². The van der Waals surface area contributed by atoms with Crippen LogP contribution in [-0.2, 0) is 9.47 Å². The van der Waals surface area contributed by atoms with Gasteiger partial charge < -0.3 is 20.1 Å². The number of ether oxygens (including phenoxy) is 2. The quantitative estimate of drug-likeness (QED) is 0.616. The summed E-state index contributed by atoms with van der Waals surface area (Å²) in [5.74, 6) is 0. The summed E-state index contributed by atoms with van der Waals surface area (Å²) >= 11 is 0. The molecule has 0 saturated carbocycles. The normalized spacial score (nSPS) is 28.4. The predicted molar refractivity (Wildman–Crippen MR) is 78.4 cm³/mol. The molecule has 0 aromatic heterocycles. The predicted octanol–water partition coefficient (Wildman–Crippen LogP) is 0.393. The van der Waals surface area contributed by atoms with Crippen molar-refractivity contribution in [3.05, 3.63) is 0 Å². The molecule has 114 valence electrons. The minimum absolute atomic E-state index is 0.0977. The summed E-state index contributed by atoms with van der Waals surface area (Å²) in [5.41, 5.74) is 6.23. The molecule has 19 heavy (non-hydrogen) atoms. The Morgan fingerprint density at radius 3 is 2.42 bits per heavy atom. The lowest BCUT2D eigenvalue weighted by molar-refractivity contribution is 0.0567. The molecule has 0 spiro atoms. The van der Waals surface area contributed by atoms with Crippen LogP contribution in [-0.4, -0.2) is 82.0 Å². The second-order valence-electron chi connectivity index (χ2n) is 5.72. The lowest BCUT2D eigenvalue weighted by Crippen LogP contribution is -2.56. The molecular formula is C14H31N3O2. The standard InChI is InChI=1S/C14H31N3O2/c1-13-10-14(11-15,12-16(13)2)17(7-9-19-4)6-5-8-18-3/h13H,5-12,15H2,1-4H3. The number of likely N-dealkylation sites (tertiary alicyclic amines) is 1. The van der Waals surface area contributed by atoms with Gasteiger partial charge >= 0.3 is 0 Å². The first-order valence-corrected chi connectivity index (χ1v) is 7.23. The lowest BCUT2D eigenvalue weighted by atomic mass is 9.93. The van der Waals surface area contributed by atoms with Gasteiger partial charge in [-0.3, -0.25) is 4.90 Å². The van der Waals surface area contributed by atoms with E-state index < -0.39 is 0 Å². The van der Waals surface area contributed by atoms with Gasteiger partial charge in [-0.05, 0) is 26.8 Å². The molecule has 1 saturated heterocycles. The fourth-order valence-corrected chi connectivity index (χ4v) is 3.08. The summed E-state index contributed by atoms with van der Waals surface area (Å²) in [7, 11) is 5.70. The van der Waals surface area contributed by atoms with Gasteiger partial charge in [0.1, 0.15) is 0 Å². The number of methoxy groups -OCH3 is 2. The topological polar surface area (TPSA) is 51.0 Å². The van der Waals surface area contributed by atoms with Crippen LogP contribution in [0.2, 0.25) is 0 Å². The number of rotatable bonds is 9. The number of nitrogens with two attached hydrogens (primary N) is 1. The van der Waals surface area contributed by atoms with E-state index in [1.807, 2.05) is 0 Å². The van der Waals surface area contributed by atoms with Crippen molar-refractivity contribution < 1.29 is 9.47 Å². The Labute approximate surface area is 118 Å². The van der Waals surface area contributed by atoms with Crippen LogP contribution >= 0.6 is 0 Å². The van der Waals surface area contributed by atoms with Gasteiger partial charge in [-0.1, -0.05) is 0 Å². The fourth-order valence-electron chi connectivity index (χ4n) is 3.08. The highest BCUT2D eigenvalue weighted by Gasteiger charge is 2.43. The van der Waals surface area contributed by atoms with Gasteiger partial charge in [0.25, 0.3) is 0 Å². The Kier molecular flexibility index (Phi) is 7.25. The third-order valence-electron chi connectivity index (χ3n) is 4.36. The Morgan fingerprint density at radius 1 is 1.26 bits per heavy atom. The van der Waals surface area contributed by atoms with Crippen LogP contribution in [0.25, 0.3) is 0 Å². The molecule has 0 aliphatic carbocycles. The third-order valence-corrected chi connectivity index (χ3v) is 4.36. The van der Waals surface area contributed by atoms with Gasteiger partial charge in [-0.25, -0.2) is 0 Å². The molecular weight excluding hydrogens is 242 g/mol. The van der Waals surface area contributed by atoms with E-state index in [1.165, 1.54) is 0 Å². The summed E-state index contributed by atoms with van der Waals surface area (Å²) in [5, 5.41) is 0. The second kappa shape index (κ2) is 8.17. The molecule has 1 aliphatic heterocycles. The van der Waals surface area contributed by atoms with E-state index >= 15 is 0 Å². The highest BCUT2D eigenvalue weighted by atomic mass is 16.5. The second-order valence-corrected chi connectivity index (χ2v) is 5.72. The van der Waals surface area contributed by atoms with E-state index in [0.29, 0.717) is 12.6 Å². The van der Waals surface area contributed by atoms with Crippen LogP contribution in [0, 0.1) is 0 Å². The molecule has 1 aliphatic rings. The fraction of sp³-hybridized carbons (Fsp3) is 1.00. The first-order chi connectivity index (χ1) is 9.09. The van der Waals surface area contributed by atoms with Crippen LogP contribution in [0.15, 0.2) is 0 Å². The zero-order valence-electron chi connectivity index (χ0n) is 13.0. The van der Waals surface area contributed by atoms with Crippen LogP contribution < -0.4 is 5.73 Å². The number of hydrogen-bond donors (Lipinski definition) is 1. The van der Waals surface area contributed by atoms with Crippen molar-refractivity contribution >= 4 is 0 Å². The van der Waals surface area contributed by atoms with E-state index in [1.54, 1.807) is 14.2 Å². The van der Waals surface area contributed by atoms with Crippen molar-refractivity contribution in [2.75, 3.05) is 60.7 Å². The van der Waals surface area contributed by atoms with E-state index in [-0.39, 0.29) is 5.54 Å². The SMILES string of the molecule is COCCCN(CCOC)C1(CN)CC(C)N(C)C1. The number of hydrogen-bond acceptors (Lipinski definition) is 5. The van der Waals surface area contributed by atoms with E-state index in [2.05, 4.69) is 23.8 Å². The molecule has 0 amide bonds. The number of likely N-dealkylation sites (N-methyl/N-ethyl adjacent to an activating group) is 1. The number of nitrogens with zero attached hydrogens (tertiary/aromatic N) is 2. The molecule has 1 heterocycles. The maximum absolute atomic E-state index is 6.13. The van der Waals surface area contributed by atoms with Crippen LogP contribution in [0.1, 0.15) is 19.8 Å². The van der Waals surface area contributed by atoms with Crippen molar-refractivity contribution in [3.63, 3.8) is 0 Å². The summed E-state index contributed by atoms with van der Waals surface area (Å²) in [6.45, 7) is 7.55. The van der Waals surface area contributed by atoms with Crippen molar-refractivity contribution in [3.8, 4) is 0 Å². The molecule has 0 radical (unpaired) electrons. The van der Waals surface area contributed by atoms with Crippen LogP contribution in [0.4, 0.5) is 0 Å². The molecule has 2 N–H and O–H groups in total. The zero-order chi connectivity index (χ0) is 14.3. The monoisotopic (exact) mass is 273 g/mol.